The van der Waals surface area contributed by atoms with Crippen molar-refractivity contribution in [1.29, 1.82) is 0 Å². The second-order valence-electron chi connectivity index (χ2n) is 7.42. The van der Waals surface area contributed by atoms with E-state index in [4.69, 9.17) is 0 Å². The molecule has 0 spiro atoms. The van der Waals surface area contributed by atoms with E-state index in [2.05, 4.69) is 20.4 Å². The maximum Gasteiger partial charge on any atom is 0.254 e. The van der Waals surface area contributed by atoms with E-state index in [1.807, 2.05) is 6.92 Å². The molecule has 3 heterocycles. The molecule has 3 aromatic heterocycles. The van der Waals surface area contributed by atoms with Gasteiger partial charge in [-0.05, 0) is 48.4 Å². The normalized spacial score (nSPS) is 12.6. The van der Waals surface area contributed by atoms with Gasteiger partial charge in [0.15, 0.2) is 14.9 Å². The average Bonchev–Trinajstić information content (AvgIpc) is 3.27. The maximum absolute atomic E-state index is 13.3. The van der Waals surface area contributed by atoms with Gasteiger partial charge in [0.1, 0.15) is 5.82 Å². The second-order valence-corrected chi connectivity index (χ2v) is 9.64. The van der Waals surface area contributed by atoms with Crippen molar-refractivity contribution in [2.24, 2.45) is 0 Å². The summed E-state index contributed by atoms with van der Waals surface area (Å²) in [7, 11) is -3.47. The smallest absolute Gasteiger partial charge is 0.254 e. The number of benzene rings is 1. The topological polar surface area (TPSA) is 107 Å². The van der Waals surface area contributed by atoms with Crippen LogP contribution in [-0.2, 0) is 9.84 Å². The molecule has 0 saturated heterocycles. The summed E-state index contributed by atoms with van der Waals surface area (Å²) in [6, 6.07) is 8.61. The van der Waals surface area contributed by atoms with Crippen molar-refractivity contribution >= 4 is 26.6 Å². The van der Waals surface area contributed by atoms with Gasteiger partial charge in [0.05, 0.1) is 41.0 Å². The van der Waals surface area contributed by atoms with Gasteiger partial charge >= 0.3 is 0 Å². The van der Waals surface area contributed by atoms with Gasteiger partial charge in [0.25, 0.3) is 5.91 Å². The monoisotopic (exact) mass is 467 g/mol. The van der Waals surface area contributed by atoms with Crippen LogP contribution in [0.3, 0.4) is 0 Å². The summed E-state index contributed by atoms with van der Waals surface area (Å²) >= 11 is 0. The van der Waals surface area contributed by atoms with Crippen LogP contribution in [0.15, 0.2) is 66.2 Å². The SMILES string of the molecule is CC[C@H](NC(=O)c1cncc2c1cnn2-c1ccc(F)cc1)c1ccnc(S(=O)(=O)CC)c1. The first-order chi connectivity index (χ1) is 15.8. The molecule has 0 unspecified atom stereocenters. The Bertz CT molecular complexity index is 1420. The highest BCUT2D eigenvalue weighted by Gasteiger charge is 2.21. The number of hydrogen-bond donors (Lipinski definition) is 1. The Hall–Kier alpha value is -3.66. The lowest BCUT2D eigenvalue weighted by Gasteiger charge is -2.18. The number of pyridine rings is 2. The van der Waals surface area contributed by atoms with Crippen molar-refractivity contribution in [3.05, 3.63) is 78.1 Å². The van der Waals surface area contributed by atoms with Gasteiger partial charge in [0.2, 0.25) is 0 Å². The Labute approximate surface area is 190 Å². The van der Waals surface area contributed by atoms with E-state index < -0.39 is 15.9 Å². The van der Waals surface area contributed by atoms with Crippen LogP contribution in [-0.4, -0.2) is 39.8 Å². The van der Waals surface area contributed by atoms with Crippen LogP contribution in [0.2, 0.25) is 0 Å². The van der Waals surface area contributed by atoms with Gasteiger partial charge in [-0.2, -0.15) is 5.10 Å². The van der Waals surface area contributed by atoms with Crippen LogP contribution in [0.25, 0.3) is 16.6 Å². The first-order valence-electron chi connectivity index (χ1n) is 10.4. The summed E-state index contributed by atoms with van der Waals surface area (Å²) in [6.45, 7) is 3.45. The number of fused-ring (bicyclic) bond motifs is 1. The zero-order chi connectivity index (χ0) is 23.6. The molecule has 10 heteroatoms. The summed E-state index contributed by atoms with van der Waals surface area (Å²) in [5.41, 5.74) is 2.21. The molecule has 0 aliphatic carbocycles. The summed E-state index contributed by atoms with van der Waals surface area (Å²) in [5, 5.41) is 7.87. The Morgan fingerprint density at radius 1 is 1.12 bits per heavy atom. The number of hydrogen-bond acceptors (Lipinski definition) is 6. The van der Waals surface area contributed by atoms with E-state index in [-0.39, 0.29) is 22.5 Å². The molecule has 1 amide bonds. The van der Waals surface area contributed by atoms with Crippen molar-refractivity contribution < 1.29 is 17.6 Å². The number of sulfone groups is 1. The van der Waals surface area contributed by atoms with Crippen LogP contribution in [0.4, 0.5) is 4.39 Å². The van der Waals surface area contributed by atoms with Crippen molar-refractivity contribution in [3.63, 3.8) is 0 Å². The zero-order valence-electron chi connectivity index (χ0n) is 18.1. The molecular weight excluding hydrogens is 445 g/mol. The molecule has 0 fully saturated rings. The number of halogens is 1. The predicted octanol–water partition coefficient (Wildman–Crippen LogP) is 3.63. The van der Waals surface area contributed by atoms with E-state index in [0.29, 0.717) is 34.1 Å². The summed E-state index contributed by atoms with van der Waals surface area (Å²) < 4.78 is 39.3. The predicted molar refractivity (Wildman–Crippen MR) is 121 cm³/mol. The van der Waals surface area contributed by atoms with E-state index >= 15 is 0 Å². The van der Waals surface area contributed by atoms with E-state index in [9.17, 15) is 17.6 Å². The lowest BCUT2D eigenvalue weighted by molar-refractivity contribution is 0.0937. The third-order valence-corrected chi connectivity index (χ3v) is 7.01. The van der Waals surface area contributed by atoms with E-state index in [1.165, 1.54) is 30.6 Å². The summed E-state index contributed by atoms with van der Waals surface area (Å²) in [6.07, 6.45) is 6.58. The molecule has 0 bridgehead atoms. The minimum atomic E-state index is -3.47. The fourth-order valence-electron chi connectivity index (χ4n) is 3.53. The number of carbonyl (C=O) groups excluding carboxylic acids is 1. The highest BCUT2D eigenvalue weighted by Crippen LogP contribution is 2.24. The number of nitrogens with one attached hydrogen (secondary N) is 1. The van der Waals surface area contributed by atoms with Crippen molar-refractivity contribution in [1.82, 2.24) is 25.1 Å². The Morgan fingerprint density at radius 3 is 2.58 bits per heavy atom. The quantitative estimate of drug-likeness (QED) is 0.445. The number of rotatable bonds is 7. The average molecular weight is 468 g/mol. The van der Waals surface area contributed by atoms with Gasteiger partial charge < -0.3 is 5.32 Å². The Morgan fingerprint density at radius 2 is 1.88 bits per heavy atom. The number of aromatic nitrogens is 4. The number of carbonyl (C=O) groups is 1. The van der Waals surface area contributed by atoms with Crippen LogP contribution in [0.1, 0.15) is 42.2 Å². The van der Waals surface area contributed by atoms with E-state index in [1.54, 1.807) is 42.2 Å². The van der Waals surface area contributed by atoms with Crippen LogP contribution in [0.5, 0.6) is 0 Å². The molecule has 4 aromatic rings. The first-order valence-corrected chi connectivity index (χ1v) is 12.1. The van der Waals surface area contributed by atoms with Gasteiger partial charge in [-0.25, -0.2) is 22.5 Å². The zero-order valence-corrected chi connectivity index (χ0v) is 18.9. The summed E-state index contributed by atoms with van der Waals surface area (Å²) in [4.78, 5) is 21.3. The minimum absolute atomic E-state index is 0.0143. The molecule has 0 radical (unpaired) electrons. The molecule has 4 rings (SSSR count). The van der Waals surface area contributed by atoms with Crippen LogP contribution >= 0.6 is 0 Å². The second kappa shape index (κ2) is 9.07. The molecule has 0 aliphatic heterocycles. The van der Waals surface area contributed by atoms with Crippen molar-refractivity contribution in [2.45, 2.75) is 31.3 Å². The Balaban J connectivity index is 1.65. The lowest BCUT2D eigenvalue weighted by atomic mass is 10.1. The molecular formula is C23H22FN5O3S. The standard InChI is InChI=1S/C23H22FN5O3S/c1-3-20(15-9-10-26-22(11-15)33(31,32)4-2)28-23(30)19-12-25-14-21-18(19)13-27-29(21)17-7-5-16(24)6-8-17/h5-14,20H,3-4H2,1-2H3,(H,28,30)/t20-/m0/s1. The molecule has 0 saturated carbocycles. The molecule has 0 aliphatic rings. The molecule has 1 aromatic carbocycles. The van der Waals surface area contributed by atoms with Gasteiger partial charge in [-0.1, -0.05) is 13.8 Å². The minimum Gasteiger partial charge on any atom is -0.345 e. The highest BCUT2D eigenvalue weighted by molar-refractivity contribution is 7.91. The first kappa shape index (κ1) is 22.5. The lowest BCUT2D eigenvalue weighted by Crippen LogP contribution is -2.28. The molecule has 1 N–H and O–H groups in total. The number of nitrogens with zero attached hydrogens (tertiary/aromatic N) is 4. The third-order valence-electron chi connectivity index (χ3n) is 5.39. The fourth-order valence-corrected chi connectivity index (χ4v) is 4.36. The molecule has 1 atom stereocenters. The van der Waals surface area contributed by atoms with Crippen molar-refractivity contribution in [2.75, 3.05) is 5.75 Å². The van der Waals surface area contributed by atoms with Gasteiger partial charge in [0, 0.05) is 17.8 Å². The fraction of sp³-hybridized carbons (Fsp3) is 0.217. The summed E-state index contributed by atoms with van der Waals surface area (Å²) in [5.74, 6) is -0.779. The van der Waals surface area contributed by atoms with Gasteiger partial charge in [-0.15, -0.1) is 0 Å². The number of amides is 1. The molecule has 170 valence electrons. The maximum atomic E-state index is 13.3. The van der Waals surface area contributed by atoms with Crippen LogP contribution < -0.4 is 5.32 Å². The molecule has 8 nitrogen and oxygen atoms in total. The van der Waals surface area contributed by atoms with Gasteiger partial charge in [-0.3, -0.25) is 9.78 Å². The third kappa shape index (κ3) is 4.47. The Kier molecular flexibility index (Phi) is 6.19. The molecule has 33 heavy (non-hydrogen) atoms. The largest absolute Gasteiger partial charge is 0.345 e. The van der Waals surface area contributed by atoms with Crippen molar-refractivity contribution in [3.8, 4) is 5.69 Å². The highest BCUT2D eigenvalue weighted by atomic mass is 32.2. The van der Waals surface area contributed by atoms with E-state index in [0.717, 1.165) is 0 Å². The van der Waals surface area contributed by atoms with Crippen LogP contribution in [0, 0.1) is 5.82 Å².